The number of rotatable bonds is 1. The number of carbonyl (C=O) groups excluding carboxylic acids is 1. The van der Waals surface area contributed by atoms with Gasteiger partial charge in [0.1, 0.15) is 11.5 Å². The molecule has 0 unspecified atom stereocenters. The molecule has 102 valence electrons. The first-order chi connectivity index (χ1) is 9.24. The van der Waals surface area contributed by atoms with E-state index >= 15 is 0 Å². The summed E-state index contributed by atoms with van der Waals surface area (Å²) >= 11 is 0. The van der Waals surface area contributed by atoms with Gasteiger partial charge in [0.15, 0.2) is 0 Å². The van der Waals surface area contributed by atoms with Crippen molar-refractivity contribution >= 4 is 5.91 Å². The van der Waals surface area contributed by atoms with Crippen LogP contribution in [0.15, 0.2) is 12.3 Å². The third-order valence-electron chi connectivity index (χ3n) is 4.57. The van der Waals surface area contributed by atoms with Gasteiger partial charge in [0.05, 0.1) is 0 Å². The van der Waals surface area contributed by atoms with Crippen molar-refractivity contribution in [3.05, 3.63) is 23.8 Å². The molecule has 0 bridgehead atoms. The highest BCUT2D eigenvalue weighted by Gasteiger charge is 2.33. The van der Waals surface area contributed by atoms with Crippen LogP contribution in [0.25, 0.3) is 0 Å². The quantitative estimate of drug-likeness (QED) is 0.778. The minimum absolute atomic E-state index is 0.0783. The topological polar surface area (TPSA) is 46.1 Å². The number of aromatic nitrogens is 2. The van der Waals surface area contributed by atoms with Crippen LogP contribution in [-0.4, -0.2) is 33.9 Å². The Balaban J connectivity index is 1.71. The molecule has 2 fully saturated rings. The Hall–Kier alpha value is -1.45. The van der Waals surface area contributed by atoms with E-state index in [1.807, 2.05) is 11.8 Å². The van der Waals surface area contributed by atoms with Crippen molar-refractivity contribution < 1.29 is 4.79 Å². The van der Waals surface area contributed by atoms with Crippen molar-refractivity contribution in [3.8, 4) is 0 Å². The molecule has 1 aromatic heterocycles. The van der Waals surface area contributed by atoms with Crippen LogP contribution < -0.4 is 0 Å². The lowest BCUT2D eigenvalue weighted by atomic mass is 9.75. The van der Waals surface area contributed by atoms with Gasteiger partial charge in [0.2, 0.25) is 0 Å². The molecule has 2 heterocycles. The second-order valence-electron chi connectivity index (χ2n) is 5.83. The van der Waals surface area contributed by atoms with Crippen molar-refractivity contribution in [2.75, 3.05) is 13.1 Å². The Morgan fingerprint density at radius 2 is 2.05 bits per heavy atom. The number of piperidine rings is 1. The molecule has 2 aliphatic rings. The van der Waals surface area contributed by atoms with E-state index in [1.165, 1.54) is 32.1 Å². The summed E-state index contributed by atoms with van der Waals surface area (Å²) < 4.78 is 0. The normalized spacial score (nSPS) is 26.9. The molecule has 2 atom stereocenters. The van der Waals surface area contributed by atoms with Gasteiger partial charge in [-0.3, -0.25) is 4.79 Å². The average molecular weight is 259 g/mol. The largest absolute Gasteiger partial charge is 0.337 e. The Kier molecular flexibility index (Phi) is 3.49. The Labute approximate surface area is 114 Å². The van der Waals surface area contributed by atoms with Crippen molar-refractivity contribution in [2.45, 2.75) is 39.0 Å². The first-order valence-corrected chi connectivity index (χ1v) is 7.33. The molecule has 19 heavy (non-hydrogen) atoms. The van der Waals surface area contributed by atoms with E-state index in [4.69, 9.17) is 0 Å². The maximum atomic E-state index is 12.5. The van der Waals surface area contributed by atoms with Crippen LogP contribution in [0.3, 0.4) is 0 Å². The van der Waals surface area contributed by atoms with Gasteiger partial charge in [-0.25, -0.2) is 9.97 Å². The molecule has 4 nitrogen and oxygen atoms in total. The molecule has 0 aromatic carbocycles. The SMILES string of the molecule is Cc1nccc(C(=O)N2CC[C@H]3CCCC[C@H]3C2)n1. The maximum absolute atomic E-state index is 12.5. The fraction of sp³-hybridized carbons (Fsp3) is 0.667. The molecule has 4 heteroatoms. The maximum Gasteiger partial charge on any atom is 0.272 e. The zero-order valence-corrected chi connectivity index (χ0v) is 11.5. The van der Waals surface area contributed by atoms with Crippen LogP contribution in [0.1, 0.15) is 48.4 Å². The van der Waals surface area contributed by atoms with Crippen molar-refractivity contribution in [1.29, 1.82) is 0 Å². The van der Waals surface area contributed by atoms with E-state index in [0.29, 0.717) is 11.5 Å². The van der Waals surface area contributed by atoms with Crippen molar-refractivity contribution in [1.82, 2.24) is 14.9 Å². The Morgan fingerprint density at radius 1 is 1.26 bits per heavy atom. The van der Waals surface area contributed by atoms with Gasteiger partial charge in [-0.1, -0.05) is 19.3 Å². The van der Waals surface area contributed by atoms with Crippen LogP contribution >= 0.6 is 0 Å². The molecule has 1 aliphatic carbocycles. The van der Waals surface area contributed by atoms with Crippen LogP contribution in [0.5, 0.6) is 0 Å². The van der Waals surface area contributed by atoms with Gasteiger partial charge >= 0.3 is 0 Å². The first-order valence-electron chi connectivity index (χ1n) is 7.33. The molecular formula is C15H21N3O. The minimum atomic E-state index is 0.0783. The molecular weight excluding hydrogens is 238 g/mol. The van der Waals surface area contributed by atoms with Crippen molar-refractivity contribution in [2.24, 2.45) is 11.8 Å². The number of carbonyl (C=O) groups is 1. The number of nitrogens with zero attached hydrogens (tertiary/aromatic N) is 3. The molecule has 3 rings (SSSR count). The van der Waals surface area contributed by atoms with Crippen LogP contribution in [0, 0.1) is 18.8 Å². The highest BCUT2D eigenvalue weighted by molar-refractivity contribution is 5.92. The monoisotopic (exact) mass is 259 g/mol. The third-order valence-corrected chi connectivity index (χ3v) is 4.57. The molecule has 1 aromatic rings. The van der Waals surface area contributed by atoms with Crippen molar-refractivity contribution in [3.63, 3.8) is 0 Å². The average Bonchev–Trinajstić information content (AvgIpc) is 2.46. The van der Waals surface area contributed by atoms with E-state index in [9.17, 15) is 4.79 Å². The van der Waals surface area contributed by atoms with Gasteiger partial charge in [-0.15, -0.1) is 0 Å². The van der Waals surface area contributed by atoms with E-state index < -0.39 is 0 Å². The third kappa shape index (κ3) is 2.62. The summed E-state index contributed by atoms with van der Waals surface area (Å²) in [6, 6.07) is 1.72. The summed E-state index contributed by atoms with van der Waals surface area (Å²) in [5, 5.41) is 0. The first kappa shape index (κ1) is 12.6. The minimum Gasteiger partial charge on any atom is -0.337 e. The Bertz CT molecular complexity index is 474. The summed E-state index contributed by atoms with van der Waals surface area (Å²) in [5.74, 6) is 2.31. The predicted octanol–water partition coefficient (Wildman–Crippen LogP) is 2.44. The van der Waals surface area contributed by atoms with Gasteiger partial charge in [0, 0.05) is 19.3 Å². The summed E-state index contributed by atoms with van der Waals surface area (Å²) in [5.41, 5.74) is 0.543. The fourth-order valence-corrected chi connectivity index (χ4v) is 3.52. The summed E-state index contributed by atoms with van der Waals surface area (Å²) in [6.07, 6.45) is 8.19. The second kappa shape index (κ2) is 5.27. The van der Waals surface area contributed by atoms with Gasteiger partial charge in [-0.2, -0.15) is 0 Å². The lowest BCUT2D eigenvalue weighted by molar-refractivity contribution is 0.0515. The summed E-state index contributed by atoms with van der Waals surface area (Å²) in [6.45, 7) is 3.64. The molecule has 1 amide bonds. The predicted molar refractivity (Wildman–Crippen MR) is 72.7 cm³/mol. The Morgan fingerprint density at radius 3 is 2.84 bits per heavy atom. The summed E-state index contributed by atoms with van der Waals surface area (Å²) in [7, 11) is 0. The number of aryl methyl sites for hydroxylation is 1. The standard InChI is InChI=1S/C15H21N3O/c1-11-16-8-6-14(17-11)15(19)18-9-7-12-4-2-3-5-13(12)10-18/h6,8,12-13H,2-5,7,9-10H2,1H3/t12-,13+/m1/s1. The lowest BCUT2D eigenvalue weighted by Gasteiger charge is -2.41. The number of likely N-dealkylation sites (tertiary alicyclic amines) is 1. The van der Waals surface area contributed by atoms with E-state index in [0.717, 1.165) is 24.9 Å². The smallest absolute Gasteiger partial charge is 0.272 e. The number of amides is 1. The summed E-state index contributed by atoms with van der Waals surface area (Å²) in [4.78, 5) is 22.8. The number of hydrogen-bond donors (Lipinski definition) is 0. The molecule has 0 N–H and O–H groups in total. The fourth-order valence-electron chi connectivity index (χ4n) is 3.52. The zero-order valence-electron chi connectivity index (χ0n) is 11.5. The highest BCUT2D eigenvalue weighted by Crippen LogP contribution is 2.36. The molecule has 0 spiro atoms. The molecule has 1 saturated carbocycles. The van der Waals surface area contributed by atoms with Gasteiger partial charge < -0.3 is 4.90 Å². The number of fused-ring (bicyclic) bond motifs is 1. The molecule has 0 radical (unpaired) electrons. The highest BCUT2D eigenvalue weighted by atomic mass is 16.2. The second-order valence-corrected chi connectivity index (χ2v) is 5.83. The van der Waals surface area contributed by atoms with E-state index in [2.05, 4.69) is 9.97 Å². The van der Waals surface area contributed by atoms with Crippen LogP contribution in [0.4, 0.5) is 0 Å². The van der Waals surface area contributed by atoms with E-state index in [-0.39, 0.29) is 5.91 Å². The zero-order chi connectivity index (χ0) is 13.2. The van der Waals surface area contributed by atoms with Crippen LogP contribution in [-0.2, 0) is 0 Å². The van der Waals surface area contributed by atoms with Gasteiger partial charge in [0.25, 0.3) is 5.91 Å². The van der Waals surface area contributed by atoms with Crippen LogP contribution in [0.2, 0.25) is 0 Å². The van der Waals surface area contributed by atoms with E-state index in [1.54, 1.807) is 12.3 Å². The number of hydrogen-bond acceptors (Lipinski definition) is 3. The molecule has 1 aliphatic heterocycles. The van der Waals surface area contributed by atoms with Gasteiger partial charge in [-0.05, 0) is 37.7 Å². The molecule has 1 saturated heterocycles. The lowest BCUT2D eigenvalue weighted by Crippen LogP contribution is -2.45.